The Balaban J connectivity index is 2.11. The normalized spacial score (nSPS) is 12.7. The number of carbonyl (C=O) groups is 2. The molecule has 2 aromatic carbocycles. The van der Waals surface area contributed by atoms with Crippen molar-refractivity contribution in [1.29, 1.82) is 0 Å². The Bertz CT molecular complexity index is 863. The third kappa shape index (κ3) is 7.39. The number of aryl methyl sites for hydroxylation is 2. The second kappa shape index (κ2) is 11.9. The van der Waals surface area contributed by atoms with Crippen molar-refractivity contribution in [1.82, 2.24) is 10.2 Å². The number of rotatable bonds is 10. The van der Waals surface area contributed by atoms with Crippen molar-refractivity contribution in [3.63, 3.8) is 0 Å². The van der Waals surface area contributed by atoms with Crippen LogP contribution in [0.1, 0.15) is 43.9 Å². The lowest BCUT2D eigenvalue weighted by atomic mass is 10.1. The molecule has 0 aromatic heterocycles. The van der Waals surface area contributed by atoms with Crippen LogP contribution in [-0.2, 0) is 16.0 Å². The van der Waals surface area contributed by atoms with E-state index in [2.05, 4.69) is 21.2 Å². The molecular weight excluding hydrogens is 456 g/mol. The Morgan fingerprint density at radius 3 is 2.29 bits per heavy atom. The summed E-state index contributed by atoms with van der Waals surface area (Å²) in [6, 6.07) is 13.2. The van der Waals surface area contributed by atoms with Crippen molar-refractivity contribution < 1.29 is 14.3 Å². The van der Waals surface area contributed by atoms with E-state index < -0.39 is 6.04 Å². The number of hydrogen-bond donors (Lipinski definition) is 1. The molecule has 0 aliphatic carbocycles. The highest BCUT2D eigenvalue weighted by Crippen LogP contribution is 2.26. The Morgan fingerprint density at radius 2 is 1.71 bits per heavy atom. The van der Waals surface area contributed by atoms with Gasteiger partial charge in [0, 0.05) is 17.1 Å². The van der Waals surface area contributed by atoms with Gasteiger partial charge in [-0.1, -0.05) is 53.2 Å². The van der Waals surface area contributed by atoms with E-state index in [9.17, 15) is 9.59 Å². The smallest absolute Gasteiger partial charge is 0.261 e. The molecule has 0 aliphatic rings. The molecule has 0 fully saturated rings. The van der Waals surface area contributed by atoms with Crippen LogP contribution in [0.15, 0.2) is 46.9 Å². The summed E-state index contributed by atoms with van der Waals surface area (Å²) in [4.78, 5) is 27.4. The van der Waals surface area contributed by atoms with Crippen LogP contribution in [-0.4, -0.2) is 41.9 Å². The lowest BCUT2D eigenvalue weighted by Crippen LogP contribution is -2.51. The van der Waals surface area contributed by atoms with Crippen LogP contribution < -0.4 is 10.1 Å². The second-order valence-corrected chi connectivity index (χ2v) is 8.77. The summed E-state index contributed by atoms with van der Waals surface area (Å²) in [5.74, 6) is 0.290. The summed E-state index contributed by atoms with van der Waals surface area (Å²) in [6.45, 7) is 10.1. The van der Waals surface area contributed by atoms with E-state index in [-0.39, 0.29) is 24.5 Å². The molecule has 0 bridgehead atoms. The highest BCUT2D eigenvalue weighted by Gasteiger charge is 2.26. The van der Waals surface area contributed by atoms with E-state index >= 15 is 0 Å². The molecule has 0 saturated carbocycles. The lowest BCUT2D eigenvalue weighted by molar-refractivity contribution is -0.141. The van der Waals surface area contributed by atoms with Crippen molar-refractivity contribution in [2.45, 2.75) is 59.5 Å². The van der Waals surface area contributed by atoms with E-state index in [1.54, 1.807) is 11.8 Å². The first-order chi connectivity index (χ1) is 14.7. The zero-order valence-corrected chi connectivity index (χ0v) is 20.7. The molecule has 2 aromatic rings. The maximum Gasteiger partial charge on any atom is 0.261 e. The molecule has 6 heteroatoms. The molecule has 2 rings (SSSR count). The van der Waals surface area contributed by atoms with Gasteiger partial charge in [0.05, 0.1) is 0 Å². The molecule has 0 spiro atoms. The zero-order chi connectivity index (χ0) is 23.0. The van der Waals surface area contributed by atoms with Crippen LogP contribution in [0.4, 0.5) is 0 Å². The summed E-state index contributed by atoms with van der Waals surface area (Å²) in [6.07, 6.45) is 1.51. The molecule has 168 valence electrons. The van der Waals surface area contributed by atoms with Crippen LogP contribution in [0.3, 0.4) is 0 Å². The molecular formula is C25H33BrN2O3. The summed E-state index contributed by atoms with van der Waals surface area (Å²) in [5, 5.41) is 2.98. The van der Waals surface area contributed by atoms with Crippen LogP contribution in [0.5, 0.6) is 5.75 Å². The van der Waals surface area contributed by atoms with Gasteiger partial charge in [-0.05, 0) is 69.4 Å². The van der Waals surface area contributed by atoms with Crippen molar-refractivity contribution in [3.05, 3.63) is 63.6 Å². The number of amides is 2. The van der Waals surface area contributed by atoms with Gasteiger partial charge >= 0.3 is 0 Å². The number of halogens is 1. The Labute approximate surface area is 194 Å². The number of nitrogens with one attached hydrogen (secondary N) is 1. The highest BCUT2D eigenvalue weighted by atomic mass is 79.9. The summed E-state index contributed by atoms with van der Waals surface area (Å²) < 4.78 is 6.84. The standard InChI is InChI=1S/C25H33BrN2O3/c1-6-19(4)27-25(30)20(5)28(13-12-21-10-8-7-9-11-21)23(29)16-31-22-14-17(2)24(26)18(3)15-22/h7-11,14-15,19-20H,6,12-13,16H2,1-5H3,(H,27,30). The fourth-order valence-corrected chi connectivity index (χ4v) is 3.48. The number of carbonyl (C=O) groups excluding carboxylic acids is 2. The van der Waals surface area contributed by atoms with Crippen LogP contribution in [0.2, 0.25) is 0 Å². The quantitative estimate of drug-likeness (QED) is 0.521. The van der Waals surface area contributed by atoms with E-state index in [1.807, 2.05) is 70.2 Å². The van der Waals surface area contributed by atoms with E-state index in [4.69, 9.17) is 4.74 Å². The Morgan fingerprint density at radius 1 is 1.10 bits per heavy atom. The minimum Gasteiger partial charge on any atom is -0.484 e. The monoisotopic (exact) mass is 488 g/mol. The first-order valence-corrected chi connectivity index (χ1v) is 11.6. The largest absolute Gasteiger partial charge is 0.484 e. The molecule has 0 aliphatic heterocycles. The lowest BCUT2D eigenvalue weighted by Gasteiger charge is -2.29. The predicted octanol–water partition coefficient (Wildman–Crippen LogP) is 4.82. The zero-order valence-electron chi connectivity index (χ0n) is 19.1. The van der Waals surface area contributed by atoms with Gasteiger partial charge in [0.1, 0.15) is 11.8 Å². The molecule has 0 saturated heterocycles. The molecule has 1 N–H and O–H groups in total. The van der Waals surface area contributed by atoms with E-state index in [0.717, 1.165) is 27.6 Å². The number of nitrogens with zero attached hydrogens (tertiary/aromatic N) is 1. The molecule has 2 atom stereocenters. The minimum absolute atomic E-state index is 0.0611. The molecule has 31 heavy (non-hydrogen) atoms. The Kier molecular flexibility index (Phi) is 9.56. The summed E-state index contributed by atoms with van der Waals surface area (Å²) in [5.41, 5.74) is 3.21. The predicted molar refractivity (Wildman–Crippen MR) is 128 cm³/mol. The molecule has 5 nitrogen and oxygen atoms in total. The van der Waals surface area contributed by atoms with Crippen LogP contribution in [0, 0.1) is 13.8 Å². The van der Waals surface area contributed by atoms with Gasteiger partial charge in [0.25, 0.3) is 5.91 Å². The third-order valence-electron chi connectivity index (χ3n) is 5.42. The van der Waals surface area contributed by atoms with Gasteiger partial charge < -0.3 is 15.0 Å². The average Bonchev–Trinajstić information content (AvgIpc) is 2.76. The van der Waals surface area contributed by atoms with Gasteiger partial charge in [-0.3, -0.25) is 9.59 Å². The van der Waals surface area contributed by atoms with E-state index in [0.29, 0.717) is 18.7 Å². The van der Waals surface area contributed by atoms with Gasteiger partial charge in [-0.15, -0.1) is 0 Å². The summed E-state index contributed by atoms with van der Waals surface area (Å²) in [7, 11) is 0. The first kappa shape index (κ1) is 24.9. The maximum atomic E-state index is 13.1. The van der Waals surface area contributed by atoms with Crippen LogP contribution >= 0.6 is 15.9 Å². The fourth-order valence-electron chi connectivity index (χ4n) is 3.25. The topological polar surface area (TPSA) is 58.6 Å². The number of ether oxygens (including phenoxy) is 1. The molecule has 2 unspecified atom stereocenters. The van der Waals surface area contributed by atoms with Gasteiger partial charge in [0.2, 0.25) is 5.91 Å². The maximum absolute atomic E-state index is 13.1. The van der Waals surface area contributed by atoms with Crippen molar-refractivity contribution in [2.24, 2.45) is 0 Å². The second-order valence-electron chi connectivity index (χ2n) is 7.98. The minimum atomic E-state index is -0.581. The fraction of sp³-hybridized carbons (Fsp3) is 0.440. The third-order valence-corrected chi connectivity index (χ3v) is 6.68. The van der Waals surface area contributed by atoms with Gasteiger partial charge in [0.15, 0.2) is 6.61 Å². The Hall–Kier alpha value is -2.34. The van der Waals surface area contributed by atoms with Gasteiger partial charge in [-0.25, -0.2) is 0 Å². The molecule has 2 amide bonds. The molecule has 0 heterocycles. The highest BCUT2D eigenvalue weighted by molar-refractivity contribution is 9.10. The van der Waals surface area contributed by atoms with E-state index in [1.165, 1.54) is 0 Å². The van der Waals surface area contributed by atoms with Crippen LogP contribution in [0.25, 0.3) is 0 Å². The summed E-state index contributed by atoms with van der Waals surface area (Å²) >= 11 is 3.54. The SMILES string of the molecule is CCC(C)NC(=O)C(C)N(CCc1ccccc1)C(=O)COc1cc(C)c(Br)c(C)c1. The number of hydrogen-bond acceptors (Lipinski definition) is 3. The van der Waals surface area contributed by atoms with Crippen molar-refractivity contribution in [3.8, 4) is 5.75 Å². The first-order valence-electron chi connectivity index (χ1n) is 10.8. The van der Waals surface area contributed by atoms with Crippen molar-refractivity contribution in [2.75, 3.05) is 13.2 Å². The van der Waals surface area contributed by atoms with Crippen molar-refractivity contribution >= 4 is 27.7 Å². The van der Waals surface area contributed by atoms with Gasteiger partial charge in [-0.2, -0.15) is 0 Å². The number of benzene rings is 2. The average molecular weight is 489 g/mol. The molecule has 0 radical (unpaired) electrons.